The topological polar surface area (TPSA) is 55.6 Å². The number of nitrogens with one attached hydrogen (secondary N) is 1. The Morgan fingerprint density at radius 1 is 1.35 bits per heavy atom. The Bertz CT molecular complexity index is 817. The summed E-state index contributed by atoms with van der Waals surface area (Å²) in [5.41, 5.74) is 0.688. The summed E-state index contributed by atoms with van der Waals surface area (Å²) in [7, 11) is 0. The zero-order chi connectivity index (χ0) is 19.1. The Kier molecular flexibility index (Phi) is 4.62. The standard InChI is InChI=1S/C18H22F3N3O2/c1-17(2,3)26-16(25)23-12-8-13(11-4-6-18(20,21)7-5-11)15-22-9-14(19)24(15)10-12/h8-11H,4-7H2,1-3H3,(H,23,25). The highest BCUT2D eigenvalue weighted by Gasteiger charge is 2.36. The molecule has 1 amide bonds. The van der Waals surface area contributed by atoms with Crippen molar-refractivity contribution in [2.24, 2.45) is 0 Å². The fraction of sp³-hybridized carbons (Fsp3) is 0.556. The number of alkyl halides is 2. The van der Waals surface area contributed by atoms with Gasteiger partial charge in [0.05, 0.1) is 11.9 Å². The van der Waals surface area contributed by atoms with E-state index in [4.69, 9.17) is 4.74 Å². The van der Waals surface area contributed by atoms with Crippen LogP contribution in [0.1, 0.15) is 57.9 Å². The Morgan fingerprint density at radius 3 is 2.62 bits per heavy atom. The predicted octanol–water partition coefficient (Wildman–Crippen LogP) is 5.11. The van der Waals surface area contributed by atoms with Crippen molar-refractivity contribution in [1.82, 2.24) is 9.38 Å². The van der Waals surface area contributed by atoms with E-state index < -0.39 is 23.6 Å². The fourth-order valence-electron chi connectivity index (χ4n) is 3.23. The van der Waals surface area contributed by atoms with Gasteiger partial charge in [-0.3, -0.25) is 9.72 Å². The molecule has 0 atom stereocenters. The summed E-state index contributed by atoms with van der Waals surface area (Å²) in [4.78, 5) is 16.1. The number of hydrogen-bond acceptors (Lipinski definition) is 3. The maximum absolute atomic E-state index is 14.0. The molecule has 2 heterocycles. The average Bonchev–Trinajstić information content (AvgIpc) is 2.86. The van der Waals surface area contributed by atoms with Gasteiger partial charge in [0.1, 0.15) is 11.2 Å². The summed E-state index contributed by atoms with van der Waals surface area (Å²) < 4.78 is 47.4. The smallest absolute Gasteiger partial charge is 0.412 e. The van der Waals surface area contributed by atoms with E-state index in [1.54, 1.807) is 26.8 Å². The van der Waals surface area contributed by atoms with Gasteiger partial charge in [0.25, 0.3) is 0 Å². The SMILES string of the molecule is CC(C)(C)OC(=O)Nc1cc(C2CCC(F)(F)CC2)c2ncc(F)n2c1. The van der Waals surface area contributed by atoms with Crippen LogP contribution in [0.25, 0.3) is 5.65 Å². The highest BCUT2D eigenvalue weighted by molar-refractivity contribution is 5.85. The number of fused-ring (bicyclic) bond motifs is 1. The Hall–Kier alpha value is -2.25. The molecule has 1 aliphatic carbocycles. The molecule has 1 fully saturated rings. The molecule has 0 bridgehead atoms. The molecule has 0 spiro atoms. The van der Waals surface area contributed by atoms with Gasteiger partial charge < -0.3 is 4.74 Å². The second-order valence-corrected chi connectivity index (χ2v) is 7.72. The number of halogens is 3. The van der Waals surface area contributed by atoms with E-state index in [0.29, 0.717) is 16.9 Å². The quantitative estimate of drug-likeness (QED) is 0.800. The number of anilines is 1. The fourth-order valence-corrected chi connectivity index (χ4v) is 3.23. The zero-order valence-corrected chi connectivity index (χ0v) is 15.0. The first-order valence-corrected chi connectivity index (χ1v) is 8.58. The molecular weight excluding hydrogens is 347 g/mol. The molecule has 1 saturated carbocycles. The molecule has 8 heteroatoms. The molecule has 2 aromatic heterocycles. The summed E-state index contributed by atoms with van der Waals surface area (Å²) in [6.45, 7) is 5.21. The Balaban J connectivity index is 1.91. The minimum Gasteiger partial charge on any atom is -0.444 e. The Morgan fingerprint density at radius 2 is 2.00 bits per heavy atom. The molecule has 0 saturated heterocycles. The number of imidazole rings is 1. The van der Waals surface area contributed by atoms with Crippen LogP contribution in [0.4, 0.5) is 23.7 Å². The number of carbonyl (C=O) groups is 1. The number of amides is 1. The second kappa shape index (κ2) is 6.48. The average molecular weight is 369 g/mol. The summed E-state index contributed by atoms with van der Waals surface area (Å²) >= 11 is 0. The molecule has 142 valence electrons. The van der Waals surface area contributed by atoms with Crippen molar-refractivity contribution in [2.75, 3.05) is 5.32 Å². The largest absolute Gasteiger partial charge is 0.444 e. The third-order valence-electron chi connectivity index (χ3n) is 4.39. The summed E-state index contributed by atoms with van der Waals surface area (Å²) in [5, 5.41) is 2.58. The minimum atomic E-state index is -2.65. The van der Waals surface area contributed by atoms with Gasteiger partial charge in [-0.1, -0.05) is 0 Å². The van der Waals surface area contributed by atoms with E-state index in [1.807, 2.05) is 0 Å². The first kappa shape index (κ1) is 18.5. The lowest BCUT2D eigenvalue weighted by atomic mass is 9.82. The molecule has 0 aromatic carbocycles. The lowest BCUT2D eigenvalue weighted by Crippen LogP contribution is -2.27. The lowest BCUT2D eigenvalue weighted by molar-refractivity contribution is -0.0381. The van der Waals surface area contributed by atoms with Crippen LogP contribution in [0, 0.1) is 5.95 Å². The molecule has 0 unspecified atom stereocenters. The number of hydrogen-bond donors (Lipinski definition) is 1. The number of ether oxygens (including phenoxy) is 1. The van der Waals surface area contributed by atoms with Crippen LogP contribution in [0.3, 0.4) is 0 Å². The predicted molar refractivity (Wildman–Crippen MR) is 91.2 cm³/mol. The van der Waals surface area contributed by atoms with Crippen molar-refractivity contribution in [2.45, 2.75) is 63.9 Å². The van der Waals surface area contributed by atoms with Crippen molar-refractivity contribution < 1.29 is 22.7 Å². The number of carbonyl (C=O) groups excluding carboxylic acids is 1. The van der Waals surface area contributed by atoms with Crippen LogP contribution in [0.5, 0.6) is 0 Å². The van der Waals surface area contributed by atoms with E-state index in [0.717, 1.165) is 6.20 Å². The van der Waals surface area contributed by atoms with Crippen LogP contribution in [0.15, 0.2) is 18.5 Å². The maximum Gasteiger partial charge on any atom is 0.412 e. The number of nitrogens with zero attached hydrogens (tertiary/aromatic N) is 2. The first-order valence-electron chi connectivity index (χ1n) is 8.58. The molecule has 1 N–H and O–H groups in total. The van der Waals surface area contributed by atoms with Crippen LogP contribution in [-0.2, 0) is 4.74 Å². The van der Waals surface area contributed by atoms with E-state index in [1.165, 1.54) is 10.6 Å². The molecule has 0 aliphatic heterocycles. The van der Waals surface area contributed by atoms with E-state index in [2.05, 4.69) is 10.3 Å². The third kappa shape index (κ3) is 4.11. The van der Waals surface area contributed by atoms with Gasteiger partial charge >= 0.3 is 6.09 Å². The Labute approximate surface area is 149 Å². The molecule has 2 aromatic rings. The van der Waals surface area contributed by atoms with Crippen molar-refractivity contribution in [3.63, 3.8) is 0 Å². The van der Waals surface area contributed by atoms with E-state index in [-0.39, 0.29) is 31.6 Å². The summed E-state index contributed by atoms with van der Waals surface area (Å²) in [6.07, 6.45) is 1.96. The third-order valence-corrected chi connectivity index (χ3v) is 4.39. The molecule has 0 radical (unpaired) electrons. The zero-order valence-electron chi connectivity index (χ0n) is 15.0. The van der Waals surface area contributed by atoms with Crippen LogP contribution < -0.4 is 5.32 Å². The number of rotatable bonds is 2. The van der Waals surface area contributed by atoms with Crippen LogP contribution >= 0.6 is 0 Å². The van der Waals surface area contributed by atoms with Gasteiger partial charge in [0.2, 0.25) is 11.9 Å². The molecule has 26 heavy (non-hydrogen) atoms. The van der Waals surface area contributed by atoms with Crippen molar-refractivity contribution in [3.8, 4) is 0 Å². The second-order valence-electron chi connectivity index (χ2n) is 7.72. The number of aromatic nitrogens is 2. The van der Waals surface area contributed by atoms with Crippen LogP contribution in [-0.4, -0.2) is 27.0 Å². The van der Waals surface area contributed by atoms with Crippen molar-refractivity contribution in [3.05, 3.63) is 30.0 Å². The highest BCUT2D eigenvalue weighted by Crippen LogP contribution is 2.42. The normalized spacial score (nSPS) is 18.1. The lowest BCUT2D eigenvalue weighted by Gasteiger charge is -2.29. The first-order chi connectivity index (χ1) is 12.0. The van der Waals surface area contributed by atoms with Gasteiger partial charge in [-0.2, -0.15) is 4.39 Å². The molecule has 5 nitrogen and oxygen atoms in total. The van der Waals surface area contributed by atoms with Gasteiger partial charge in [0, 0.05) is 24.6 Å². The number of pyridine rings is 1. The van der Waals surface area contributed by atoms with Gasteiger partial charge in [-0.15, -0.1) is 0 Å². The van der Waals surface area contributed by atoms with Gasteiger partial charge in [-0.25, -0.2) is 18.6 Å². The van der Waals surface area contributed by atoms with E-state index >= 15 is 0 Å². The van der Waals surface area contributed by atoms with Gasteiger partial charge in [0.15, 0.2) is 0 Å². The molecule has 3 rings (SSSR count). The van der Waals surface area contributed by atoms with Crippen molar-refractivity contribution >= 4 is 17.4 Å². The van der Waals surface area contributed by atoms with Crippen LogP contribution in [0.2, 0.25) is 0 Å². The van der Waals surface area contributed by atoms with E-state index in [9.17, 15) is 18.0 Å². The summed E-state index contributed by atoms with van der Waals surface area (Å²) in [6, 6.07) is 1.67. The monoisotopic (exact) mass is 369 g/mol. The van der Waals surface area contributed by atoms with Gasteiger partial charge in [-0.05, 0) is 45.6 Å². The highest BCUT2D eigenvalue weighted by atomic mass is 19.3. The maximum atomic E-state index is 14.0. The molecule has 1 aliphatic rings. The molecular formula is C18H22F3N3O2. The minimum absolute atomic E-state index is 0.167. The summed E-state index contributed by atoms with van der Waals surface area (Å²) in [5.74, 6) is -3.41. The van der Waals surface area contributed by atoms with Crippen molar-refractivity contribution in [1.29, 1.82) is 0 Å².